The van der Waals surface area contributed by atoms with Gasteiger partial charge in [-0.2, -0.15) is 0 Å². The number of rotatable bonds is 5. The zero-order chi connectivity index (χ0) is 14.2. The molecule has 0 aliphatic heterocycles. The zero-order valence-corrected chi connectivity index (χ0v) is 12.4. The number of hydrogen-bond acceptors (Lipinski definition) is 5. The molecule has 0 fully saturated rings. The molecule has 2 aromatic rings. The van der Waals surface area contributed by atoms with E-state index in [4.69, 9.17) is 5.11 Å². The van der Waals surface area contributed by atoms with Crippen LogP contribution in [0.25, 0.3) is 0 Å². The fourth-order valence-corrected chi connectivity index (χ4v) is 3.03. The van der Waals surface area contributed by atoms with Crippen LogP contribution in [-0.4, -0.2) is 22.6 Å². The number of carbonyl (C=O) groups excluding carboxylic acids is 1. The number of thiophene rings is 1. The number of hydrogen-bond donors (Lipinski definition) is 2. The standard InChI is InChI=1S/C14H14N2O2S2/c17-8-2-5-12-10-15-14(20-12)16-13(18)7-1-4-11-6-3-9-19-11/h3,6,9-10,17H,1,4,7-8H2,(H,15,16,18). The quantitative estimate of drug-likeness (QED) is 0.834. The molecule has 0 aliphatic carbocycles. The largest absolute Gasteiger partial charge is 0.384 e. The predicted octanol–water partition coefficient (Wildman–Crippen LogP) is 2.51. The van der Waals surface area contributed by atoms with Gasteiger partial charge in [0.25, 0.3) is 0 Å². The normalized spacial score (nSPS) is 9.85. The van der Waals surface area contributed by atoms with E-state index in [0.29, 0.717) is 11.6 Å². The van der Waals surface area contributed by atoms with Crippen LogP contribution in [-0.2, 0) is 11.2 Å². The molecule has 104 valence electrons. The molecular formula is C14H14N2O2S2. The summed E-state index contributed by atoms with van der Waals surface area (Å²) in [4.78, 5) is 17.8. The molecule has 1 amide bonds. The van der Waals surface area contributed by atoms with E-state index in [0.717, 1.165) is 17.7 Å². The number of carbonyl (C=O) groups is 1. The average Bonchev–Trinajstić information content (AvgIpc) is 3.08. The van der Waals surface area contributed by atoms with Crippen LogP contribution in [0.4, 0.5) is 5.13 Å². The van der Waals surface area contributed by atoms with Gasteiger partial charge in [-0.05, 0) is 24.3 Å². The number of thiazole rings is 1. The number of amides is 1. The molecule has 0 atom stereocenters. The van der Waals surface area contributed by atoms with Crippen LogP contribution in [0, 0.1) is 11.8 Å². The van der Waals surface area contributed by atoms with E-state index in [9.17, 15) is 4.79 Å². The maximum absolute atomic E-state index is 11.7. The summed E-state index contributed by atoms with van der Waals surface area (Å²) in [7, 11) is 0. The number of anilines is 1. The lowest BCUT2D eigenvalue weighted by molar-refractivity contribution is -0.116. The Morgan fingerprint density at radius 1 is 1.50 bits per heavy atom. The van der Waals surface area contributed by atoms with Crippen molar-refractivity contribution in [3.8, 4) is 11.8 Å². The molecule has 0 bridgehead atoms. The van der Waals surface area contributed by atoms with Crippen molar-refractivity contribution in [2.24, 2.45) is 0 Å². The highest BCUT2D eigenvalue weighted by Crippen LogP contribution is 2.17. The van der Waals surface area contributed by atoms with Gasteiger partial charge in [0.1, 0.15) is 6.61 Å². The third kappa shape index (κ3) is 4.78. The maximum atomic E-state index is 11.7. The van der Waals surface area contributed by atoms with Crippen molar-refractivity contribution in [1.82, 2.24) is 4.98 Å². The van der Waals surface area contributed by atoms with Crippen molar-refractivity contribution in [2.45, 2.75) is 19.3 Å². The molecule has 2 rings (SSSR count). The van der Waals surface area contributed by atoms with E-state index < -0.39 is 0 Å². The summed E-state index contributed by atoms with van der Waals surface area (Å²) in [5, 5.41) is 13.9. The molecule has 2 heterocycles. The maximum Gasteiger partial charge on any atom is 0.226 e. The van der Waals surface area contributed by atoms with Crippen molar-refractivity contribution in [2.75, 3.05) is 11.9 Å². The second-order valence-corrected chi connectivity index (χ2v) is 6.03. The lowest BCUT2D eigenvalue weighted by Gasteiger charge is -2.00. The Morgan fingerprint density at radius 2 is 2.40 bits per heavy atom. The Kier molecular flexibility index (Phi) is 5.74. The van der Waals surface area contributed by atoms with Gasteiger partial charge in [0.2, 0.25) is 5.91 Å². The molecule has 2 aromatic heterocycles. The minimum Gasteiger partial charge on any atom is -0.384 e. The van der Waals surface area contributed by atoms with Crippen LogP contribution in [0.3, 0.4) is 0 Å². The van der Waals surface area contributed by atoms with Crippen molar-refractivity contribution in [3.63, 3.8) is 0 Å². The van der Waals surface area contributed by atoms with Crippen molar-refractivity contribution >= 4 is 33.7 Å². The SMILES string of the molecule is O=C(CCCc1cccs1)Nc1ncc(C#CCO)s1. The van der Waals surface area contributed by atoms with Gasteiger partial charge in [0, 0.05) is 11.3 Å². The number of aliphatic hydroxyl groups is 1. The topological polar surface area (TPSA) is 62.2 Å². The fraction of sp³-hybridized carbons (Fsp3) is 0.286. The van der Waals surface area contributed by atoms with Crippen LogP contribution >= 0.6 is 22.7 Å². The van der Waals surface area contributed by atoms with Gasteiger partial charge in [-0.1, -0.05) is 29.2 Å². The fourth-order valence-electron chi connectivity index (χ4n) is 1.58. The lowest BCUT2D eigenvalue weighted by Crippen LogP contribution is -2.10. The molecule has 6 heteroatoms. The van der Waals surface area contributed by atoms with Gasteiger partial charge in [-0.15, -0.1) is 11.3 Å². The van der Waals surface area contributed by atoms with Crippen LogP contribution < -0.4 is 5.32 Å². The summed E-state index contributed by atoms with van der Waals surface area (Å²) in [6.45, 7) is -0.178. The predicted molar refractivity (Wildman–Crippen MR) is 82.0 cm³/mol. The summed E-state index contributed by atoms with van der Waals surface area (Å²) in [6.07, 6.45) is 3.83. The summed E-state index contributed by atoms with van der Waals surface area (Å²) >= 11 is 3.02. The number of nitrogens with one attached hydrogen (secondary N) is 1. The highest BCUT2D eigenvalue weighted by atomic mass is 32.1. The molecule has 4 nitrogen and oxygen atoms in total. The molecule has 2 N–H and O–H groups in total. The van der Waals surface area contributed by atoms with E-state index >= 15 is 0 Å². The molecule has 0 radical (unpaired) electrons. The Labute approximate surface area is 125 Å². The van der Waals surface area contributed by atoms with Gasteiger partial charge in [-0.3, -0.25) is 4.79 Å². The summed E-state index contributed by atoms with van der Waals surface area (Å²) in [5.74, 6) is 5.27. The van der Waals surface area contributed by atoms with Crippen LogP contribution in [0.15, 0.2) is 23.7 Å². The third-order valence-electron chi connectivity index (χ3n) is 2.45. The van der Waals surface area contributed by atoms with Crippen LogP contribution in [0.5, 0.6) is 0 Å². The van der Waals surface area contributed by atoms with Crippen LogP contribution in [0.2, 0.25) is 0 Å². The highest BCUT2D eigenvalue weighted by Gasteiger charge is 2.06. The molecule has 20 heavy (non-hydrogen) atoms. The first kappa shape index (κ1) is 14.7. The summed E-state index contributed by atoms with van der Waals surface area (Å²) in [5.41, 5.74) is 0. The van der Waals surface area contributed by atoms with Gasteiger partial charge in [-0.25, -0.2) is 4.98 Å². The molecule has 0 spiro atoms. The highest BCUT2D eigenvalue weighted by molar-refractivity contribution is 7.16. The number of aryl methyl sites for hydroxylation is 1. The van der Waals surface area contributed by atoms with Gasteiger partial charge < -0.3 is 10.4 Å². The Balaban J connectivity index is 1.75. The van der Waals surface area contributed by atoms with E-state index in [2.05, 4.69) is 28.2 Å². The van der Waals surface area contributed by atoms with E-state index in [1.165, 1.54) is 16.2 Å². The van der Waals surface area contributed by atoms with Gasteiger partial charge >= 0.3 is 0 Å². The summed E-state index contributed by atoms with van der Waals surface area (Å²) < 4.78 is 0. The Hall–Kier alpha value is -1.68. The number of aromatic nitrogens is 1. The Bertz CT molecular complexity index is 609. The molecule has 0 aromatic carbocycles. The van der Waals surface area contributed by atoms with Crippen molar-refractivity contribution in [3.05, 3.63) is 33.5 Å². The minimum absolute atomic E-state index is 0.0300. The van der Waals surface area contributed by atoms with E-state index in [1.807, 2.05) is 11.4 Å². The van der Waals surface area contributed by atoms with E-state index in [-0.39, 0.29) is 12.5 Å². The third-order valence-corrected chi connectivity index (χ3v) is 4.21. The van der Waals surface area contributed by atoms with Crippen molar-refractivity contribution in [1.29, 1.82) is 0 Å². The van der Waals surface area contributed by atoms with Crippen molar-refractivity contribution < 1.29 is 9.90 Å². The first-order chi connectivity index (χ1) is 9.78. The number of nitrogens with zero attached hydrogens (tertiary/aromatic N) is 1. The minimum atomic E-state index is -0.178. The number of aliphatic hydroxyl groups excluding tert-OH is 1. The first-order valence-corrected chi connectivity index (χ1v) is 7.85. The Morgan fingerprint density at radius 3 is 3.15 bits per heavy atom. The molecule has 0 unspecified atom stereocenters. The smallest absolute Gasteiger partial charge is 0.226 e. The first-order valence-electron chi connectivity index (χ1n) is 6.15. The molecule has 0 saturated heterocycles. The molecule has 0 saturated carbocycles. The summed E-state index contributed by atoms with van der Waals surface area (Å²) in [6, 6.07) is 4.10. The van der Waals surface area contributed by atoms with E-state index in [1.54, 1.807) is 17.5 Å². The second-order valence-electron chi connectivity index (χ2n) is 3.97. The van der Waals surface area contributed by atoms with Gasteiger partial charge in [0.05, 0.1) is 11.1 Å². The average molecular weight is 306 g/mol. The monoisotopic (exact) mass is 306 g/mol. The zero-order valence-electron chi connectivity index (χ0n) is 10.8. The van der Waals surface area contributed by atoms with Crippen LogP contribution in [0.1, 0.15) is 22.6 Å². The molecular weight excluding hydrogens is 292 g/mol. The van der Waals surface area contributed by atoms with Gasteiger partial charge in [0.15, 0.2) is 5.13 Å². The molecule has 0 aliphatic rings. The second kappa shape index (κ2) is 7.80. The lowest BCUT2D eigenvalue weighted by atomic mass is 10.2.